The van der Waals surface area contributed by atoms with Crippen LogP contribution in [0, 0.1) is 18.8 Å². The van der Waals surface area contributed by atoms with Gasteiger partial charge in [-0.1, -0.05) is 17.7 Å². The Bertz CT molecular complexity index is 399. The molecule has 0 aromatic heterocycles. The molecule has 0 heterocycles. The Morgan fingerprint density at radius 1 is 1.33 bits per heavy atom. The molecule has 0 aliphatic heterocycles. The van der Waals surface area contributed by atoms with E-state index in [2.05, 4.69) is 31.2 Å². The van der Waals surface area contributed by atoms with Gasteiger partial charge >= 0.3 is 5.97 Å². The molecule has 18 heavy (non-hydrogen) atoms. The molecular weight excluding hydrogens is 244 g/mol. The van der Waals surface area contributed by atoms with Crippen LogP contribution in [0.4, 0.5) is 0 Å². The SMILES string of the molecule is CC(=O)OCC1CC1CCSc1ccc(C)cc1. The van der Waals surface area contributed by atoms with E-state index in [0.29, 0.717) is 12.5 Å². The van der Waals surface area contributed by atoms with Crippen molar-refractivity contribution in [3.05, 3.63) is 29.8 Å². The van der Waals surface area contributed by atoms with Crippen LogP contribution >= 0.6 is 11.8 Å². The number of benzene rings is 1. The van der Waals surface area contributed by atoms with Gasteiger partial charge in [0.1, 0.15) is 0 Å². The summed E-state index contributed by atoms with van der Waals surface area (Å²) in [5.41, 5.74) is 1.31. The second-order valence-corrected chi connectivity index (χ2v) is 6.18. The predicted molar refractivity (Wildman–Crippen MR) is 74.8 cm³/mol. The van der Waals surface area contributed by atoms with Crippen LogP contribution in [0.25, 0.3) is 0 Å². The second kappa shape index (κ2) is 6.28. The topological polar surface area (TPSA) is 26.3 Å². The summed E-state index contributed by atoms with van der Waals surface area (Å²) in [6, 6.07) is 8.68. The van der Waals surface area contributed by atoms with E-state index in [1.807, 2.05) is 11.8 Å². The van der Waals surface area contributed by atoms with Crippen molar-refractivity contribution in [2.45, 2.75) is 31.6 Å². The van der Waals surface area contributed by atoms with Gasteiger partial charge in [0, 0.05) is 11.8 Å². The van der Waals surface area contributed by atoms with Gasteiger partial charge < -0.3 is 4.74 Å². The van der Waals surface area contributed by atoms with Gasteiger partial charge in [0.2, 0.25) is 0 Å². The van der Waals surface area contributed by atoms with Gasteiger partial charge in [-0.2, -0.15) is 0 Å². The maximum absolute atomic E-state index is 10.7. The summed E-state index contributed by atoms with van der Waals surface area (Å²) < 4.78 is 5.03. The molecule has 1 aromatic rings. The van der Waals surface area contributed by atoms with E-state index < -0.39 is 0 Å². The molecule has 2 atom stereocenters. The number of thioether (sulfide) groups is 1. The molecule has 2 rings (SSSR count). The Morgan fingerprint density at radius 2 is 2.06 bits per heavy atom. The van der Waals surface area contributed by atoms with Gasteiger partial charge in [0.05, 0.1) is 6.61 Å². The highest BCUT2D eigenvalue weighted by molar-refractivity contribution is 7.99. The summed E-state index contributed by atoms with van der Waals surface area (Å²) in [6.07, 6.45) is 2.45. The molecule has 1 aliphatic rings. The maximum atomic E-state index is 10.7. The Hall–Kier alpha value is -0.960. The average molecular weight is 264 g/mol. The number of esters is 1. The summed E-state index contributed by atoms with van der Waals surface area (Å²) in [4.78, 5) is 12.0. The zero-order valence-corrected chi connectivity index (χ0v) is 11.8. The first-order valence-corrected chi connectivity index (χ1v) is 7.46. The van der Waals surface area contributed by atoms with E-state index in [4.69, 9.17) is 4.74 Å². The molecule has 1 saturated carbocycles. The van der Waals surface area contributed by atoms with Crippen molar-refractivity contribution >= 4 is 17.7 Å². The van der Waals surface area contributed by atoms with Crippen molar-refractivity contribution in [2.24, 2.45) is 11.8 Å². The first-order valence-electron chi connectivity index (χ1n) is 6.48. The van der Waals surface area contributed by atoms with E-state index in [0.717, 1.165) is 11.7 Å². The number of aryl methyl sites for hydroxylation is 1. The quantitative estimate of drug-likeness (QED) is 0.579. The third-order valence-electron chi connectivity index (χ3n) is 3.35. The highest BCUT2D eigenvalue weighted by Crippen LogP contribution is 2.42. The first-order chi connectivity index (χ1) is 8.65. The lowest BCUT2D eigenvalue weighted by Crippen LogP contribution is -2.03. The Balaban J connectivity index is 1.60. The van der Waals surface area contributed by atoms with Crippen molar-refractivity contribution in [3.8, 4) is 0 Å². The molecule has 2 nitrogen and oxygen atoms in total. The molecule has 0 radical (unpaired) electrons. The molecule has 0 saturated heterocycles. The largest absolute Gasteiger partial charge is 0.466 e. The van der Waals surface area contributed by atoms with Crippen molar-refractivity contribution in [3.63, 3.8) is 0 Å². The van der Waals surface area contributed by atoms with Crippen molar-refractivity contribution in [2.75, 3.05) is 12.4 Å². The standard InChI is InChI=1S/C15H20O2S/c1-11-3-5-15(6-4-11)18-8-7-13-9-14(13)10-17-12(2)16/h3-6,13-14H,7-10H2,1-2H3. The molecule has 1 aromatic carbocycles. The lowest BCUT2D eigenvalue weighted by atomic mass is 10.2. The number of carbonyl (C=O) groups excluding carboxylic acids is 1. The molecule has 1 fully saturated rings. The van der Waals surface area contributed by atoms with Crippen LogP contribution in [0.5, 0.6) is 0 Å². The van der Waals surface area contributed by atoms with Gasteiger partial charge in [-0.3, -0.25) is 4.79 Å². The molecule has 0 N–H and O–H groups in total. The van der Waals surface area contributed by atoms with E-state index >= 15 is 0 Å². The van der Waals surface area contributed by atoms with Gasteiger partial charge in [-0.05, 0) is 49.5 Å². The zero-order valence-electron chi connectivity index (χ0n) is 11.0. The number of carbonyl (C=O) groups is 1. The van der Waals surface area contributed by atoms with E-state index in [1.165, 1.54) is 30.2 Å². The van der Waals surface area contributed by atoms with E-state index in [9.17, 15) is 4.79 Å². The highest BCUT2D eigenvalue weighted by atomic mass is 32.2. The van der Waals surface area contributed by atoms with Crippen LogP contribution in [0.15, 0.2) is 29.2 Å². The Labute approximate surface area is 113 Å². The molecule has 1 aliphatic carbocycles. The van der Waals surface area contributed by atoms with Crippen molar-refractivity contribution < 1.29 is 9.53 Å². The first kappa shape index (κ1) is 13.5. The summed E-state index contributed by atoms with van der Waals surface area (Å²) in [6.45, 7) is 4.21. The van der Waals surface area contributed by atoms with Crippen LogP contribution in [0.1, 0.15) is 25.3 Å². The fraction of sp³-hybridized carbons (Fsp3) is 0.533. The van der Waals surface area contributed by atoms with Crippen LogP contribution < -0.4 is 0 Å². The molecule has 98 valence electrons. The van der Waals surface area contributed by atoms with Gasteiger partial charge in [-0.15, -0.1) is 11.8 Å². The number of hydrogen-bond acceptors (Lipinski definition) is 3. The van der Waals surface area contributed by atoms with E-state index in [-0.39, 0.29) is 5.97 Å². The molecule has 0 amide bonds. The monoisotopic (exact) mass is 264 g/mol. The zero-order chi connectivity index (χ0) is 13.0. The molecule has 0 bridgehead atoms. The van der Waals surface area contributed by atoms with Gasteiger partial charge in [-0.25, -0.2) is 0 Å². The summed E-state index contributed by atoms with van der Waals surface area (Å²) in [7, 11) is 0. The van der Waals surface area contributed by atoms with Crippen molar-refractivity contribution in [1.29, 1.82) is 0 Å². The number of hydrogen-bond donors (Lipinski definition) is 0. The molecule has 3 heteroatoms. The minimum absolute atomic E-state index is 0.158. The lowest BCUT2D eigenvalue weighted by molar-refractivity contribution is -0.141. The third kappa shape index (κ3) is 4.37. The lowest BCUT2D eigenvalue weighted by Gasteiger charge is -2.03. The molecule has 2 unspecified atom stereocenters. The normalized spacial score (nSPS) is 21.7. The summed E-state index contributed by atoms with van der Waals surface area (Å²) in [5, 5.41) is 0. The Kier molecular flexibility index (Phi) is 4.70. The minimum Gasteiger partial charge on any atom is -0.466 e. The molecule has 0 spiro atoms. The number of ether oxygens (including phenoxy) is 1. The smallest absolute Gasteiger partial charge is 0.302 e. The maximum Gasteiger partial charge on any atom is 0.302 e. The third-order valence-corrected chi connectivity index (χ3v) is 4.39. The average Bonchev–Trinajstić information content (AvgIpc) is 3.08. The van der Waals surface area contributed by atoms with Crippen LogP contribution in [-0.2, 0) is 9.53 Å². The summed E-state index contributed by atoms with van der Waals surface area (Å²) >= 11 is 1.92. The van der Waals surface area contributed by atoms with E-state index in [1.54, 1.807) is 0 Å². The summed E-state index contributed by atoms with van der Waals surface area (Å²) in [5.74, 6) is 2.38. The Morgan fingerprint density at radius 3 is 2.72 bits per heavy atom. The second-order valence-electron chi connectivity index (χ2n) is 5.01. The minimum atomic E-state index is -0.158. The highest BCUT2D eigenvalue weighted by Gasteiger charge is 2.36. The fourth-order valence-electron chi connectivity index (χ4n) is 2.06. The van der Waals surface area contributed by atoms with Gasteiger partial charge in [0.15, 0.2) is 0 Å². The van der Waals surface area contributed by atoms with Crippen LogP contribution in [-0.4, -0.2) is 18.3 Å². The van der Waals surface area contributed by atoms with Crippen LogP contribution in [0.3, 0.4) is 0 Å². The van der Waals surface area contributed by atoms with Crippen molar-refractivity contribution in [1.82, 2.24) is 0 Å². The number of rotatable bonds is 6. The fourth-order valence-corrected chi connectivity index (χ4v) is 3.04. The molecular formula is C15H20O2S. The predicted octanol–water partition coefficient (Wildman–Crippen LogP) is 3.68. The van der Waals surface area contributed by atoms with Crippen LogP contribution in [0.2, 0.25) is 0 Å². The van der Waals surface area contributed by atoms with Gasteiger partial charge in [0.25, 0.3) is 0 Å².